The Kier molecular flexibility index (Phi) is 4.43. The van der Waals surface area contributed by atoms with Crippen LogP contribution in [-0.4, -0.2) is 24.3 Å². The minimum absolute atomic E-state index is 0.632. The van der Waals surface area contributed by atoms with E-state index in [1.165, 1.54) is 0 Å². The van der Waals surface area contributed by atoms with Crippen LogP contribution in [0.4, 0.5) is 0 Å². The molecule has 0 atom stereocenters. The number of para-hydroxylation sites is 1. The molecule has 0 radical (unpaired) electrons. The van der Waals surface area contributed by atoms with Crippen LogP contribution in [0.5, 0.6) is 11.5 Å². The Balaban J connectivity index is 1.45. The Morgan fingerprint density at radius 3 is 2.30 bits per heavy atom. The van der Waals surface area contributed by atoms with Crippen molar-refractivity contribution in [1.82, 2.24) is 24.3 Å². The minimum Gasteiger partial charge on any atom is -0.457 e. The summed E-state index contributed by atoms with van der Waals surface area (Å²) in [6.45, 7) is 4.04. The average molecular weight is 431 g/mol. The fraction of sp³-hybridized carbons (Fsp3) is 0.0741. The summed E-state index contributed by atoms with van der Waals surface area (Å²) in [4.78, 5) is 8.98. The summed E-state index contributed by atoms with van der Waals surface area (Å²) in [5, 5.41) is 6.86. The molecule has 0 aliphatic rings. The summed E-state index contributed by atoms with van der Waals surface area (Å²) in [6.07, 6.45) is 3.52. The predicted octanol–water partition coefficient (Wildman–Crippen LogP) is 6.17. The smallest absolute Gasteiger partial charge is 0.234 e. The van der Waals surface area contributed by atoms with Crippen LogP contribution in [0.25, 0.3) is 33.4 Å². The highest BCUT2D eigenvalue weighted by atomic mass is 16.5. The Bertz CT molecular complexity index is 1610. The summed E-state index contributed by atoms with van der Waals surface area (Å²) in [7, 11) is 0. The minimum atomic E-state index is 0.632. The predicted molar refractivity (Wildman–Crippen MR) is 129 cm³/mol. The lowest BCUT2D eigenvalue weighted by Gasteiger charge is -2.10. The molecule has 33 heavy (non-hydrogen) atoms. The van der Waals surface area contributed by atoms with Gasteiger partial charge in [0.2, 0.25) is 5.95 Å². The third-order valence-electron chi connectivity index (χ3n) is 5.70. The maximum absolute atomic E-state index is 6.29. The van der Waals surface area contributed by atoms with Crippen LogP contribution in [0, 0.1) is 13.8 Å². The lowest BCUT2D eigenvalue weighted by Crippen LogP contribution is -2.00. The first-order valence-electron chi connectivity index (χ1n) is 10.8. The first-order valence-corrected chi connectivity index (χ1v) is 10.8. The number of benzene rings is 3. The van der Waals surface area contributed by atoms with Crippen molar-refractivity contribution in [3.05, 3.63) is 103 Å². The normalized spacial score (nSPS) is 11.3. The number of hydrogen-bond acceptors (Lipinski definition) is 4. The number of aromatic nitrogens is 5. The second-order valence-electron chi connectivity index (χ2n) is 8.02. The molecule has 6 heteroatoms. The van der Waals surface area contributed by atoms with E-state index in [0.717, 1.165) is 50.4 Å². The molecule has 0 unspecified atom stereocenters. The fourth-order valence-corrected chi connectivity index (χ4v) is 4.34. The van der Waals surface area contributed by atoms with Gasteiger partial charge in [0, 0.05) is 41.0 Å². The van der Waals surface area contributed by atoms with Gasteiger partial charge in [0.1, 0.15) is 11.5 Å². The first-order chi connectivity index (χ1) is 16.2. The van der Waals surface area contributed by atoms with Gasteiger partial charge in [-0.15, -0.1) is 0 Å². The molecule has 0 aliphatic heterocycles. The van der Waals surface area contributed by atoms with Crippen LogP contribution in [0.15, 0.2) is 91.3 Å². The van der Waals surface area contributed by atoms with Crippen LogP contribution in [-0.2, 0) is 0 Å². The Morgan fingerprint density at radius 1 is 0.697 bits per heavy atom. The van der Waals surface area contributed by atoms with Crippen LogP contribution in [0.1, 0.15) is 11.4 Å². The monoisotopic (exact) mass is 431 g/mol. The molecular weight excluding hydrogens is 410 g/mol. The van der Waals surface area contributed by atoms with Gasteiger partial charge < -0.3 is 4.74 Å². The van der Waals surface area contributed by atoms with E-state index in [1.807, 2.05) is 73.1 Å². The van der Waals surface area contributed by atoms with Crippen molar-refractivity contribution in [2.24, 2.45) is 0 Å². The molecule has 3 aromatic carbocycles. The van der Waals surface area contributed by atoms with E-state index < -0.39 is 0 Å². The van der Waals surface area contributed by atoms with Crippen molar-refractivity contribution in [2.75, 3.05) is 0 Å². The Morgan fingerprint density at radius 2 is 1.48 bits per heavy atom. The van der Waals surface area contributed by atoms with Crippen LogP contribution < -0.4 is 4.74 Å². The zero-order valence-electron chi connectivity index (χ0n) is 18.3. The van der Waals surface area contributed by atoms with Crippen molar-refractivity contribution in [3.63, 3.8) is 0 Å². The van der Waals surface area contributed by atoms with Crippen molar-refractivity contribution < 1.29 is 4.74 Å². The lowest BCUT2D eigenvalue weighted by atomic mass is 10.1. The van der Waals surface area contributed by atoms with Gasteiger partial charge in [-0.3, -0.25) is 4.57 Å². The second-order valence-corrected chi connectivity index (χ2v) is 8.02. The third-order valence-corrected chi connectivity index (χ3v) is 5.70. The number of rotatable bonds is 4. The molecule has 6 rings (SSSR count). The molecule has 0 bridgehead atoms. The third kappa shape index (κ3) is 3.32. The molecule has 160 valence electrons. The summed E-state index contributed by atoms with van der Waals surface area (Å²) in [5.41, 5.74) is 5.08. The molecule has 6 nitrogen and oxygen atoms in total. The van der Waals surface area contributed by atoms with E-state index in [-0.39, 0.29) is 0 Å². The molecule has 0 spiro atoms. The van der Waals surface area contributed by atoms with Crippen LogP contribution in [0.3, 0.4) is 0 Å². The van der Waals surface area contributed by atoms with E-state index >= 15 is 0 Å². The maximum Gasteiger partial charge on any atom is 0.234 e. The van der Waals surface area contributed by atoms with Gasteiger partial charge in [-0.25, -0.2) is 14.6 Å². The van der Waals surface area contributed by atoms with Crippen molar-refractivity contribution in [1.29, 1.82) is 0 Å². The lowest BCUT2D eigenvalue weighted by molar-refractivity contribution is 0.482. The quantitative estimate of drug-likeness (QED) is 0.335. The zero-order valence-corrected chi connectivity index (χ0v) is 18.3. The van der Waals surface area contributed by atoms with E-state index in [4.69, 9.17) is 4.74 Å². The van der Waals surface area contributed by atoms with Crippen LogP contribution >= 0.6 is 0 Å². The van der Waals surface area contributed by atoms with Gasteiger partial charge >= 0.3 is 0 Å². The molecule has 3 aromatic heterocycles. The van der Waals surface area contributed by atoms with Crippen LogP contribution in [0.2, 0.25) is 0 Å². The molecule has 0 fully saturated rings. The standard InChI is InChI=1S/C27H21N5O/c1-18-15-19(2)32(30-18)20-7-5-8-21(16-20)33-22-11-12-24-23-9-3-4-10-25(23)31(26(24)17-22)27-28-13-6-14-29-27/h3-17H,1-2H3. The molecular formula is C27H21N5O. The molecule has 0 aliphatic carbocycles. The summed E-state index contributed by atoms with van der Waals surface area (Å²) in [6, 6.07) is 26.3. The Hall–Kier alpha value is -4.45. The number of hydrogen-bond donors (Lipinski definition) is 0. The SMILES string of the molecule is Cc1cc(C)n(-c2cccc(Oc3ccc4c5ccccc5n(-c5ncccn5)c4c3)c2)n1. The molecule has 0 amide bonds. The molecule has 0 N–H and O–H groups in total. The first kappa shape index (κ1) is 19.3. The Labute approximate surface area is 190 Å². The highest BCUT2D eigenvalue weighted by molar-refractivity contribution is 6.09. The summed E-state index contributed by atoms with van der Waals surface area (Å²) >= 11 is 0. The number of nitrogens with zero attached hydrogens (tertiary/aromatic N) is 5. The largest absolute Gasteiger partial charge is 0.457 e. The van der Waals surface area contributed by atoms with E-state index in [0.29, 0.717) is 5.95 Å². The van der Waals surface area contributed by atoms with Crippen molar-refractivity contribution in [2.45, 2.75) is 13.8 Å². The van der Waals surface area contributed by atoms with Gasteiger partial charge in [-0.2, -0.15) is 5.10 Å². The van der Waals surface area contributed by atoms with Gasteiger partial charge in [0.25, 0.3) is 0 Å². The van der Waals surface area contributed by atoms with Gasteiger partial charge in [0.05, 0.1) is 22.4 Å². The van der Waals surface area contributed by atoms with Gasteiger partial charge in [-0.1, -0.05) is 24.3 Å². The fourth-order valence-electron chi connectivity index (χ4n) is 4.34. The highest BCUT2D eigenvalue weighted by Crippen LogP contribution is 2.34. The highest BCUT2D eigenvalue weighted by Gasteiger charge is 2.14. The number of aryl methyl sites for hydroxylation is 2. The van der Waals surface area contributed by atoms with Crippen molar-refractivity contribution in [3.8, 4) is 23.1 Å². The van der Waals surface area contributed by atoms with E-state index in [9.17, 15) is 0 Å². The second kappa shape index (κ2) is 7.60. The van der Waals surface area contributed by atoms with Gasteiger partial charge in [0.15, 0.2) is 0 Å². The topological polar surface area (TPSA) is 57.8 Å². The number of fused-ring (bicyclic) bond motifs is 3. The molecule has 6 aromatic rings. The molecule has 0 saturated carbocycles. The van der Waals surface area contributed by atoms with Gasteiger partial charge in [-0.05, 0) is 56.3 Å². The zero-order chi connectivity index (χ0) is 22.4. The summed E-state index contributed by atoms with van der Waals surface area (Å²) in [5.74, 6) is 2.12. The summed E-state index contributed by atoms with van der Waals surface area (Å²) < 4.78 is 10.3. The number of ether oxygens (including phenoxy) is 1. The maximum atomic E-state index is 6.29. The molecule has 3 heterocycles. The van der Waals surface area contributed by atoms with E-state index in [2.05, 4.69) is 43.9 Å². The molecule has 0 saturated heterocycles. The average Bonchev–Trinajstić information content (AvgIpc) is 3.35. The van der Waals surface area contributed by atoms with Crippen molar-refractivity contribution >= 4 is 21.8 Å². The van der Waals surface area contributed by atoms with E-state index in [1.54, 1.807) is 12.4 Å².